The Morgan fingerprint density at radius 3 is 2.33 bits per heavy atom. The molecule has 254 valence electrons. The van der Waals surface area contributed by atoms with Crippen LogP contribution in [0.15, 0.2) is 90.0 Å². The zero-order valence-electron chi connectivity index (χ0n) is 26.0. The Morgan fingerprint density at radius 1 is 1.06 bits per heavy atom. The number of esters is 1. The van der Waals surface area contributed by atoms with Gasteiger partial charge in [-0.1, -0.05) is 42.5 Å². The Kier molecular flexibility index (Phi) is 10.1. The number of nitro groups is 1. The predicted octanol–water partition coefficient (Wildman–Crippen LogP) is 5.86. The second-order valence-corrected chi connectivity index (χ2v) is 13.9. The van der Waals surface area contributed by atoms with E-state index in [1.165, 1.54) is 52.1 Å². The number of ether oxygens (including phenoxy) is 1. The number of nitro benzene ring substituents is 1. The summed E-state index contributed by atoms with van der Waals surface area (Å²) in [5.41, 5.74) is -2.61. The Labute approximate surface area is 275 Å². The zero-order valence-corrected chi connectivity index (χ0v) is 26.8. The molecule has 0 amide bonds. The number of aromatic nitrogens is 1. The maximum absolute atomic E-state index is 14.9. The van der Waals surface area contributed by atoms with E-state index in [9.17, 15) is 41.6 Å². The number of hydrogen-bond acceptors (Lipinski definition) is 8. The van der Waals surface area contributed by atoms with Crippen LogP contribution in [0.5, 0.6) is 0 Å². The molecule has 4 aromatic rings. The molecule has 2 heterocycles. The molecule has 1 saturated heterocycles. The minimum atomic E-state index is -5.13. The minimum absolute atomic E-state index is 0.0171. The van der Waals surface area contributed by atoms with E-state index in [2.05, 4.69) is 0 Å². The molecule has 1 atom stereocenters. The summed E-state index contributed by atoms with van der Waals surface area (Å²) in [5, 5.41) is 22.2. The number of carbonyl (C=O) groups is 1. The lowest BCUT2D eigenvalue weighted by atomic mass is 9.91. The van der Waals surface area contributed by atoms with Crippen LogP contribution in [0.25, 0.3) is 17.0 Å². The van der Waals surface area contributed by atoms with E-state index >= 15 is 0 Å². The van der Waals surface area contributed by atoms with Crippen molar-refractivity contribution in [3.8, 4) is 0 Å². The van der Waals surface area contributed by atoms with Crippen LogP contribution in [0.4, 0.5) is 18.9 Å². The number of piperidine rings is 1. The monoisotopic (exact) mass is 685 g/mol. The van der Waals surface area contributed by atoms with Crippen molar-refractivity contribution in [3.63, 3.8) is 0 Å². The van der Waals surface area contributed by atoms with Gasteiger partial charge in [-0.05, 0) is 68.3 Å². The van der Waals surface area contributed by atoms with Crippen LogP contribution in [-0.4, -0.2) is 71.6 Å². The molecule has 1 aliphatic heterocycles. The van der Waals surface area contributed by atoms with Crippen molar-refractivity contribution < 1.29 is 41.2 Å². The lowest BCUT2D eigenvalue weighted by Gasteiger charge is -2.38. The largest absolute Gasteiger partial charge is 0.463 e. The molecule has 0 bridgehead atoms. The van der Waals surface area contributed by atoms with Gasteiger partial charge in [0, 0.05) is 48.4 Å². The number of hydrogen-bond donors (Lipinski definition) is 1. The average Bonchev–Trinajstić information content (AvgIpc) is 3.42. The van der Waals surface area contributed by atoms with Gasteiger partial charge in [-0.3, -0.25) is 15.0 Å². The molecule has 1 unspecified atom stereocenters. The molecular weight excluding hydrogens is 651 g/mol. The van der Waals surface area contributed by atoms with E-state index in [0.29, 0.717) is 5.56 Å². The van der Waals surface area contributed by atoms with E-state index < -0.39 is 49.9 Å². The highest BCUT2D eigenvalue weighted by Crippen LogP contribution is 2.44. The van der Waals surface area contributed by atoms with Crippen LogP contribution in [-0.2, 0) is 31.5 Å². The van der Waals surface area contributed by atoms with Gasteiger partial charge in [-0.15, -0.1) is 0 Å². The number of aliphatic hydroxyl groups is 1. The fourth-order valence-electron chi connectivity index (χ4n) is 5.98. The quantitative estimate of drug-likeness (QED) is 0.0899. The van der Waals surface area contributed by atoms with Crippen molar-refractivity contribution in [2.75, 3.05) is 26.2 Å². The Balaban J connectivity index is 1.37. The fraction of sp³-hybridized carbons (Fsp3) is 0.324. The molecule has 1 aliphatic rings. The molecular formula is C34H34F3N3O7S. The average molecular weight is 686 g/mol. The van der Waals surface area contributed by atoms with Gasteiger partial charge in [0.05, 0.1) is 27.2 Å². The van der Waals surface area contributed by atoms with Crippen molar-refractivity contribution in [2.45, 2.75) is 48.2 Å². The van der Waals surface area contributed by atoms with E-state index in [0.717, 1.165) is 11.6 Å². The van der Waals surface area contributed by atoms with Gasteiger partial charge >= 0.3 is 12.1 Å². The van der Waals surface area contributed by atoms with Gasteiger partial charge in [-0.25, -0.2) is 13.2 Å². The van der Waals surface area contributed by atoms with Crippen molar-refractivity contribution in [1.29, 1.82) is 0 Å². The van der Waals surface area contributed by atoms with E-state index in [4.69, 9.17) is 4.74 Å². The second kappa shape index (κ2) is 13.9. The Hall–Kier alpha value is -4.53. The molecule has 10 nitrogen and oxygen atoms in total. The van der Waals surface area contributed by atoms with Gasteiger partial charge in [0.15, 0.2) is 9.84 Å². The summed E-state index contributed by atoms with van der Waals surface area (Å²) in [7, 11) is -3.82. The first-order valence-corrected chi connectivity index (χ1v) is 16.8. The van der Waals surface area contributed by atoms with Gasteiger partial charge < -0.3 is 14.4 Å². The number of non-ortho nitro benzene ring substituents is 1. The standard InChI is InChI=1S/C34H34F3N3O7S/c1-2-47-32(41)15-10-24-8-12-27(13-9-24)48(45,46)28-16-18-38(19-17-28)23-33(42,34(35,36)37)30-22-39(21-25-6-4-3-5-7-25)31-20-26(40(43)44)11-14-29(30)31/h3-15,20,22,28,42H,2,16-19,21,23H2,1H3/b15-10+. The Morgan fingerprint density at radius 2 is 1.73 bits per heavy atom. The van der Waals surface area contributed by atoms with Crippen LogP contribution in [0, 0.1) is 10.1 Å². The summed E-state index contributed by atoms with van der Waals surface area (Å²) in [6.07, 6.45) is -1.12. The number of halogens is 3. The molecule has 0 aliphatic carbocycles. The van der Waals surface area contributed by atoms with Crippen LogP contribution >= 0.6 is 0 Å². The topological polar surface area (TPSA) is 132 Å². The molecule has 48 heavy (non-hydrogen) atoms. The number of carbonyl (C=O) groups excluding carboxylic acids is 1. The SMILES string of the molecule is CCOC(=O)/C=C/c1ccc(S(=O)(=O)C2CCN(CC(O)(c3cn(Cc4ccccc4)c4cc([N+](=O)[O-])ccc34)C(F)(F)F)CC2)cc1. The maximum atomic E-state index is 14.9. The van der Waals surface area contributed by atoms with Gasteiger partial charge in [0.25, 0.3) is 5.69 Å². The first-order valence-electron chi connectivity index (χ1n) is 15.2. The summed E-state index contributed by atoms with van der Waals surface area (Å²) >= 11 is 0. The van der Waals surface area contributed by atoms with Crippen molar-refractivity contribution in [2.24, 2.45) is 0 Å². The maximum Gasteiger partial charge on any atom is 0.422 e. The van der Waals surface area contributed by atoms with Crippen molar-refractivity contribution in [3.05, 3.63) is 112 Å². The molecule has 14 heteroatoms. The number of sulfone groups is 1. The fourth-order valence-corrected chi connectivity index (χ4v) is 7.71. The Bertz CT molecular complexity index is 1920. The van der Waals surface area contributed by atoms with E-state index in [-0.39, 0.29) is 60.6 Å². The highest BCUT2D eigenvalue weighted by Gasteiger charge is 2.57. The van der Waals surface area contributed by atoms with Crippen LogP contribution in [0.1, 0.15) is 36.5 Å². The highest BCUT2D eigenvalue weighted by molar-refractivity contribution is 7.92. The lowest BCUT2D eigenvalue weighted by Crippen LogP contribution is -2.53. The van der Waals surface area contributed by atoms with Crippen LogP contribution in [0.2, 0.25) is 0 Å². The molecule has 1 aromatic heterocycles. The molecule has 1 N–H and O–H groups in total. The third kappa shape index (κ3) is 7.30. The number of nitrogens with zero attached hydrogens (tertiary/aromatic N) is 3. The number of fused-ring (bicyclic) bond motifs is 1. The summed E-state index contributed by atoms with van der Waals surface area (Å²) in [6, 6.07) is 18.3. The van der Waals surface area contributed by atoms with Gasteiger partial charge in [-0.2, -0.15) is 13.2 Å². The minimum Gasteiger partial charge on any atom is -0.463 e. The number of alkyl halides is 3. The first-order chi connectivity index (χ1) is 22.7. The predicted molar refractivity (Wildman–Crippen MR) is 173 cm³/mol. The lowest BCUT2D eigenvalue weighted by molar-refractivity contribution is -0.384. The summed E-state index contributed by atoms with van der Waals surface area (Å²) < 4.78 is 77.7. The molecule has 3 aromatic carbocycles. The van der Waals surface area contributed by atoms with Crippen molar-refractivity contribution >= 4 is 38.5 Å². The smallest absolute Gasteiger partial charge is 0.422 e. The van der Waals surface area contributed by atoms with Gasteiger partial charge in [0.1, 0.15) is 0 Å². The number of rotatable bonds is 11. The molecule has 0 radical (unpaired) electrons. The molecule has 0 spiro atoms. The number of benzene rings is 3. The van der Waals surface area contributed by atoms with Crippen LogP contribution < -0.4 is 0 Å². The first kappa shape index (κ1) is 34.8. The van der Waals surface area contributed by atoms with E-state index in [1.54, 1.807) is 49.4 Å². The molecule has 1 fully saturated rings. The van der Waals surface area contributed by atoms with Gasteiger partial charge in [0.2, 0.25) is 5.60 Å². The van der Waals surface area contributed by atoms with E-state index in [1.807, 2.05) is 0 Å². The zero-order chi connectivity index (χ0) is 34.7. The summed E-state index contributed by atoms with van der Waals surface area (Å²) in [6.45, 7) is 1.12. The van der Waals surface area contributed by atoms with Crippen molar-refractivity contribution in [1.82, 2.24) is 9.47 Å². The number of likely N-dealkylation sites (tertiary alicyclic amines) is 1. The normalized spacial score (nSPS) is 16.3. The highest BCUT2D eigenvalue weighted by atomic mass is 32.2. The third-order valence-corrected chi connectivity index (χ3v) is 10.8. The number of β-amino-alcohol motifs (C(OH)–C–C–N with tert-alkyl or cyclic N) is 1. The summed E-state index contributed by atoms with van der Waals surface area (Å²) in [4.78, 5) is 23.9. The molecule has 0 saturated carbocycles. The molecule has 5 rings (SSSR count). The summed E-state index contributed by atoms with van der Waals surface area (Å²) in [5.74, 6) is -0.528. The third-order valence-electron chi connectivity index (χ3n) is 8.52. The van der Waals surface area contributed by atoms with Crippen LogP contribution in [0.3, 0.4) is 0 Å². The second-order valence-electron chi connectivity index (χ2n) is 11.6.